The van der Waals surface area contributed by atoms with Gasteiger partial charge in [0, 0.05) is 4.47 Å². The Morgan fingerprint density at radius 1 is 1.19 bits per heavy atom. The number of fused-ring (bicyclic) bond motifs is 1. The number of aromatic nitrogens is 2. The zero-order valence-electron chi connectivity index (χ0n) is 10.9. The molecule has 0 aliphatic heterocycles. The van der Waals surface area contributed by atoms with Crippen LogP contribution in [0.1, 0.15) is 18.1 Å². The zero-order valence-corrected chi connectivity index (χ0v) is 13.3. The van der Waals surface area contributed by atoms with Crippen LogP contribution in [0.25, 0.3) is 16.7 Å². The molecule has 3 rings (SSSR count). The molecule has 1 unspecified atom stereocenters. The topological polar surface area (TPSA) is 17.8 Å². The summed E-state index contributed by atoms with van der Waals surface area (Å²) in [5, 5.41) is -0.491. The lowest BCUT2D eigenvalue weighted by molar-refractivity contribution is 0.567. The van der Waals surface area contributed by atoms with E-state index >= 15 is 0 Å². The second-order valence-electron chi connectivity index (χ2n) is 4.62. The molecule has 21 heavy (non-hydrogen) atoms. The molecular weight excluding hydrogens is 362 g/mol. The molecule has 0 saturated carbocycles. The van der Waals surface area contributed by atoms with Gasteiger partial charge in [0.15, 0.2) is 0 Å². The van der Waals surface area contributed by atoms with Crippen LogP contribution in [0.4, 0.5) is 8.78 Å². The minimum Gasteiger partial charge on any atom is -0.290 e. The number of nitrogens with zero attached hydrogens (tertiary/aromatic N) is 2. The number of para-hydroxylation sites is 1. The third-order valence-corrected chi connectivity index (χ3v) is 3.85. The lowest BCUT2D eigenvalue weighted by Crippen LogP contribution is -2.06. The van der Waals surface area contributed by atoms with Crippen LogP contribution in [0.2, 0.25) is 0 Å². The highest BCUT2D eigenvalue weighted by Crippen LogP contribution is 2.31. The van der Waals surface area contributed by atoms with E-state index in [1.165, 1.54) is 22.8 Å². The Bertz CT molecular complexity index is 810. The summed E-state index contributed by atoms with van der Waals surface area (Å²) in [6.07, 6.45) is 0. The van der Waals surface area contributed by atoms with Gasteiger partial charge in [0.1, 0.15) is 23.1 Å². The van der Waals surface area contributed by atoms with Crippen molar-refractivity contribution < 1.29 is 8.78 Å². The molecule has 0 spiro atoms. The van der Waals surface area contributed by atoms with E-state index in [-0.39, 0.29) is 5.69 Å². The molecule has 6 heteroatoms. The number of halogens is 4. The Morgan fingerprint density at radius 2 is 1.86 bits per heavy atom. The van der Waals surface area contributed by atoms with Gasteiger partial charge in [-0.1, -0.05) is 22.0 Å². The maximum Gasteiger partial charge on any atom is 0.150 e. The van der Waals surface area contributed by atoms with E-state index in [9.17, 15) is 8.78 Å². The number of rotatable bonds is 2. The van der Waals surface area contributed by atoms with Crippen LogP contribution in [0.5, 0.6) is 0 Å². The molecule has 0 fully saturated rings. The molecule has 0 bridgehead atoms. The quantitative estimate of drug-likeness (QED) is 0.554. The summed E-state index contributed by atoms with van der Waals surface area (Å²) >= 11 is 9.49. The summed E-state index contributed by atoms with van der Waals surface area (Å²) in [4.78, 5) is 4.40. The predicted molar refractivity (Wildman–Crippen MR) is 83.0 cm³/mol. The molecule has 1 aromatic heterocycles. The fourth-order valence-electron chi connectivity index (χ4n) is 2.28. The molecule has 0 N–H and O–H groups in total. The molecule has 0 aliphatic rings. The Hall–Kier alpha value is -1.46. The van der Waals surface area contributed by atoms with Gasteiger partial charge < -0.3 is 0 Å². The molecule has 1 atom stereocenters. The SMILES string of the molecule is CC(Cl)c1nc2cc(Br)ccc2n1-c1c(F)cccc1F. The Labute approximate surface area is 133 Å². The number of hydrogen-bond donors (Lipinski definition) is 0. The van der Waals surface area contributed by atoms with E-state index < -0.39 is 17.0 Å². The van der Waals surface area contributed by atoms with Crippen molar-refractivity contribution >= 4 is 38.6 Å². The summed E-state index contributed by atoms with van der Waals surface area (Å²) in [7, 11) is 0. The van der Waals surface area contributed by atoms with Crippen molar-refractivity contribution in [2.75, 3.05) is 0 Å². The van der Waals surface area contributed by atoms with Crippen LogP contribution >= 0.6 is 27.5 Å². The van der Waals surface area contributed by atoms with E-state index in [2.05, 4.69) is 20.9 Å². The van der Waals surface area contributed by atoms with Gasteiger partial charge in [-0.15, -0.1) is 11.6 Å². The summed E-state index contributed by atoms with van der Waals surface area (Å²) in [6.45, 7) is 1.72. The number of hydrogen-bond acceptors (Lipinski definition) is 1. The van der Waals surface area contributed by atoms with Gasteiger partial charge in [0.25, 0.3) is 0 Å². The van der Waals surface area contributed by atoms with E-state index in [1.54, 1.807) is 25.1 Å². The minimum atomic E-state index is -0.657. The lowest BCUT2D eigenvalue weighted by atomic mass is 10.2. The summed E-state index contributed by atoms with van der Waals surface area (Å²) < 4.78 is 30.5. The average molecular weight is 372 g/mol. The van der Waals surface area contributed by atoms with Crippen LogP contribution in [0.15, 0.2) is 40.9 Å². The van der Waals surface area contributed by atoms with E-state index in [4.69, 9.17) is 11.6 Å². The van der Waals surface area contributed by atoms with Gasteiger partial charge in [0.05, 0.1) is 16.4 Å². The second-order valence-corrected chi connectivity index (χ2v) is 6.20. The van der Waals surface area contributed by atoms with Crippen molar-refractivity contribution in [3.8, 4) is 5.69 Å². The molecule has 0 saturated heterocycles. The van der Waals surface area contributed by atoms with Crippen LogP contribution < -0.4 is 0 Å². The van der Waals surface area contributed by atoms with Gasteiger partial charge in [-0.05, 0) is 37.3 Å². The Balaban J connectivity index is 2.42. The zero-order chi connectivity index (χ0) is 15.1. The number of benzene rings is 2. The summed E-state index contributed by atoms with van der Waals surface area (Å²) in [5.41, 5.74) is 1.06. The van der Waals surface area contributed by atoms with Gasteiger partial charge in [-0.25, -0.2) is 13.8 Å². The average Bonchev–Trinajstić information content (AvgIpc) is 2.77. The normalized spacial score (nSPS) is 12.8. The third kappa shape index (κ3) is 2.45. The lowest BCUT2D eigenvalue weighted by Gasteiger charge is -2.12. The largest absolute Gasteiger partial charge is 0.290 e. The van der Waals surface area contributed by atoms with Gasteiger partial charge in [-0.3, -0.25) is 4.57 Å². The summed E-state index contributed by atoms with van der Waals surface area (Å²) in [6, 6.07) is 9.08. The van der Waals surface area contributed by atoms with Crippen molar-refractivity contribution in [3.63, 3.8) is 0 Å². The smallest absolute Gasteiger partial charge is 0.150 e. The van der Waals surface area contributed by atoms with Crippen LogP contribution in [-0.2, 0) is 0 Å². The highest BCUT2D eigenvalue weighted by molar-refractivity contribution is 9.10. The highest BCUT2D eigenvalue weighted by atomic mass is 79.9. The molecule has 2 aromatic carbocycles. The molecule has 2 nitrogen and oxygen atoms in total. The molecule has 0 aliphatic carbocycles. The fraction of sp³-hybridized carbons (Fsp3) is 0.133. The Morgan fingerprint density at radius 3 is 2.48 bits per heavy atom. The van der Waals surface area contributed by atoms with E-state index in [0.29, 0.717) is 16.9 Å². The first kappa shape index (κ1) is 14.5. The first-order valence-electron chi connectivity index (χ1n) is 6.25. The van der Waals surface area contributed by atoms with Gasteiger partial charge in [-0.2, -0.15) is 0 Å². The molecule has 0 radical (unpaired) electrons. The maximum absolute atomic E-state index is 14.1. The van der Waals surface area contributed by atoms with Crippen molar-refractivity contribution in [1.29, 1.82) is 0 Å². The maximum atomic E-state index is 14.1. The third-order valence-electron chi connectivity index (χ3n) is 3.16. The monoisotopic (exact) mass is 370 g/mol. The van der Waals surface area contributed by atoms with Crippen molar-refractivity contribution in [3.05, 3.63) is 58.3 Å². The van der Waals surface area contributed by atoms with Crippen LogP contribution in [0, 0.1) is 11.6 Å². The highest BCUT2D eigenvalue weighted by Gasteiger charge is 2.21. The van der Waals surface area contributed by atoms with Crippen molar-refractivity contribution in [1.82, 2.24) is 9.55 Å². The fourth-order valence-corrected chi connectivity index (χ4v) is 2.77. The van der Waals surface area contributed by atoms with E-state index in [1.807, 2.05) is 0 Å². The first-order valence-corrected chi connectivity index (χ1v) is 7.48. The van der Waals surface area contributed by atoms with Crippen LogP contribution in [-0.4, -0.2) is 9.55 Å². The predicted octanol–water partition coefficient (Wildman–Crippen LogP) is 5.37. The van der Waals surface area contributed by atoms with Crippen molar-refractivity contribution in [2.45, 2.75) is 12.3 Å². The summed E-state index contributed by atoms with van der Waals surface area (Å²) in [5.74, 6) is -0.916. The Kier molecular flexibility index (Phi) is 3.71. The molecular formula is C15H10BrClF2N2. The van der Waals surface area contributed by atoms with Crippen LogP contribution in [0.3, 0.4) is 0 Å². The minimum absolute atomic E-state index is 0.162. The molecule has 3 aromatic rings. The van der Waals surface area contributed by atoms with Gasteiger partial charge >= 0.3 is 0 Å². The van der Waals surface area contributed by atoms with Crippen molar-refractivity contribution in [2.24, 2.45) is 0 Å². The van der Waals surface area contributed by atoms with E-state index in [0.717, 1.165) is 4.47 Å². The second kappa shape index (κ2) is 5.39. The standard InChI is InChI=1S/C15H10BrClF2N2/c1-8(17)15-20-12-7-9(16)5-6-13(12)21(15)14-10(18)3-2-4-11(14)19/h2-8H,1H3. The molecule has 1 heterocycles. The number of alkyl halides is 1. The molecule has 108 valence electrons. The molecule has 0 amide bonds. The number of imidazole rings is 1. The first-order chi connectivity index (χ1) is 9.99. The van der Waals surface area contributed by atoms with Gasteiger partial charge in [0.2, 0.25) is 0 Å².